The number of benzene rings is 1. The van der Waals surface area contributed by atoms with Gasteiger partial charge in [0.15, 0.2) is 0 Å². The lowest BCUT2D eigenvalue weighted by Crippen LogP contribution is -2.45. The lowest BCUT2D eigenvalue weighted by atomic mass is 9.87. The molecule has 1 aromatic rings. The molecular weight excluding hydrogens is 274 g/mol. The zero-order valence-electron chi connectivity index (χ0n) is 14.0. The lowest BCUT2D eigenvalue weighted by molar-refractivity contribution is -0.117. The highest BCUT2D eigenvalue weighted by atomic mass is 16.2. The lowest BCUT2D eigenvalue weighted by Gasteiger charge is -2.36. The number of para-hydroxylation sites is 1. The van der Waals surface area contributed by atoms with Crippen LogP contribution in [0.2, 0.25) is 0 Å². The zero-order valence-corrected chi connectivity index (χ0v) is 14.0. The first-order valence-corrected chi connectivity index (χ1v) is 8.32. The maximum absolute atomic E-state index is 12.3. The number of likely N-dealkylation sites (tertiary alicyclic amines) is 1. The fourth-order valence-corrected chi connectivity index (χ4v) is 3.18. The third-order valence-corrected chi connectivity index (χ3v) is 4.72. The number of amides is 1. The Labute approximate surface area is 134 Å². The maximum Gasteiger partial charge on any atom is 0.238 e. The van der Waals surface area contributed by atoms with E-state index in [9.17, 15) is 4.79 Å². The van der Waals surface area contributed by atoms with Gasteiger partial charge in [-0.05, 0) is 48.9 Å². The molecule has 3 N–H and O–H groups in total. The number of anilines is 1. The van der Waals surface area contributed by atoms with Crippen molar-refractivity contribution in [1.82, 2.24) is 4.90 Å². The molecule has 0 saturated carbocycles. The predicted molar refractivity (Wildman–Crippen MR) is 91.9 cm³/mol. The molecule has 1 aromatic carbocycles. The average Bonchev–Trinajstić information content (AvgIpc) is 2.49. The molecule has 1 aliphatic rings. The largest absolute Gasteiger partial charge is 0.330 e. The number of hydrogen-bond donors (Lipinski definition) is 2. The molecule has 0 spiro atoms. The Morgan fingerprint density at radius 1 is 1.41 bits per heavy atom. The van der Waals surface area contributed by atoms with Gasteiger partial charge in [0.1, 0.15) is 0 Å². The third kappa shape index (κ3) is 4.31. The molecule has 2 unspecified atom stereocenters. The van der Waals surface area contributed by atoms with Crippen LogP contribution in [0.25, 0.3) is 0 Å². The Balaban J connectivity index is 1.93. The van der Waals surface area contributed by atoms with Gasteiger partial charge in [0.2, 0.25) is 5.91 Å². The van der Waals surface area contributed by atoms with Crippen LogP contribution >= 0.6 is 0 Å². The minimum atomic E-state index is 0.0680. The van der Waals surface area contributed by atoms with Crippen LogP contribution < -0.4 is 11.1 Å². The molecular formula is C18H29N3O. The number of piperidine rings is 1. The van der Waals surface area contributed by atoms with E-state index in [1.165, 1.54) is 5.56 Å². The first-order chi connectivity index (χ1) is 10.5. The molecule has 4 heteroatoms. The monoisotopic (exact) mass is 303 g/mol. The van der Waals surface area contributed by atoms with Gasteiger partial charge in [0.25, 0.3) is 0 Å². The number of nitrogens with one attached hydrogen (secondary N) is 1. The maximum atomic E-state index is 12.3. The molecule has 1 aliphatic heterocycles. The molecule has 122 valence electrons. The van der Waals surface area contributed by atoms with Crippen LogP contribution in [0.3, 0.4) is 0 Å². The highest BCUT2D eigenvalue weighted by Crippen LogP contribution is 2.24. The van der Waals surface area contributed by atoms with E-state index in [2.05, 4.69) is 37.1 Å². The van der Waals surface area contributed by atoms with Crippen LogP contribution in [0, 0.1) is 11.8 Å². The highest BCUT2D eigenvalue weighted by Gasteiger charge is 2.26. The Morgan fingerprint density at radius 2 is 2.14 bits per heavy atom. The number of nitrogens with zero attached hydrogens (tertiary/aromatic N) is 1. The first-order valence-electron chi connectivity index (χ1n) is 8.32. The normalized spacial score (nSPS) is 22.8. The first kappa shape index (κ1) is 17.0. The minimum Gasteiger partial charge on any atom is -0.330 e. The second-order valence-corrected chi connectivity index (χ2v) is 6.79. The SMILES string of the molecule is CC(C)c1ccccc1NC(=O)CN1CCC(C)C(CN)C1. The molecule has 1 heterocycles. The molecule has 0 bridgehead atoms. The summed E-state index contributed by atoms with van der Waals surface area (Å²) in [5.74, 6) is 1.63. The van der Waals surface area contributed by atoms with Gasteiger partial charge in [0, 0.05) is 12.2 Å². The molecule has 4 nitrogen and oxygen atoms in total. The van der Waals surface area contributed by atoms with Crippen molar-refractivity contribution in [2.75, 3.05) is 31.5 Å². The zero-order chi connectivity index (χ0) is 16.1. The Morgan fingerprint density at radius 3 is 2.82 bits per heavy atom. The van der Waals surface area contributed by atoms with E-state index in [4.69, 9.17) is 5.73 Å². The predicted octanol–water partition coefficient (Wildman–Crippen LogP) is 2.67. The minimum absolute atomic E-state index is 0.0680. The summed E-state index contributed by atoms with van der Waals surface area (Å²) < 4.78 is 0. The molecule has 1 fully saturated rings. The molecule has 0 radical (unpaired) electrons. The van der Waals surface area contributed by atoms with E-state index < -0.39 is 0 Å². The number of carbonyl (C=O) groups is 1. The van der Waals surface area contributed by atoms with Crippen molar-refractivity contribution in [2.45, 2.75) is 33.1 Å². The van der Waals surface area contributed by atoms with Gasteiger partial charge < -0.3 is 11.1 Å². The quantitative estimate of drug-likeness (QED) is 0.879. The summed E-state index contributed by atoms with van der Waals surface area (Å²) >= 11 is 0. The summed E-state index contributed by atoms with van der Waals surface area (Å²) in [4.78, 5) is 14.6. The van der Waals surface area contributed by atoms with Gasteiger partial charge in [-0.3, -0.25) is 9.69 Å². The number of rotatable bonds is 5. The van der Waals surface area contributed by atoms with Crippen LogP contribution in [-0.2, 0) is 4.79 Å². The topological polar surface area (TPSA) is 58.4 Å². The Kier molecular flexibility index (Phi) is 5.98. The summed E-state index contributed by atoms with van der Waals surface area (Å²) in [5, 5.41) is 3.07. The molecule has 22 heavy (non-hydrogen) atoms. The van der Waals surface area contributed by atoms with Gasteiger partial charge in [-0.2, -0.15) is 0 Å². The summed E-state index contributed by atoms with van der Waals surface area (Å²) in [6.45, 7) is 9.61. The van der Waals surface area contributed by atoms with Crippen LogP contribution in [0.5, 0.6) is 0 Å². The van der Waals surface area contributed by atoms with E-state index in [0.29, 0.717) is 30.8 Å². The van der Waals surface area contributed by atoms with Crippen molar-refractivity contribution < 1.29 is 4.79 Å². The average molecular weight is 303 g/mol. The summed E-state index contributed by atoms with van der Waals surface area (Å²) in [5.41, 5.74) is 7.95. The fourth-order valence-electron chi connectivity index (χ4n) is 3.18. The third-order valence-electron chi connectivity index (χ3n) is 4.72. The molecule has 0 aliphatic carbocycles. The smallest absolute Gasteiger partial charge is 0.238 e. The van der Waals surface area contributed by atoms with Gasteiger partial charge >= 0.3 is 0 Å². The van der Waals surface area contributed by atoms with Crippen molar-refractivity contribution in [3.05, 3.63) is 29.8 Å². The number of carbonyl (C=O) groups excluding carboxylic acids is 1. The van der Waals surface area contributed by atoms with Crippen LogP contribution in [-0.4, -0.2) is 37.0 Å². The Hall–Kier alpha value is -1.39. The van der Waals surface area contributed by atoms with Crippen LogP contribution in [0.4, 0.5) is 5.69 Å². The molecule has 2 atom stereocenters. The van der Waals surface area contributed by atoms with E-state index in [1.54, 1.807) is 0 Å². The summed E-state index contributed by atoms with van der Waals surface area (Å²) in [6.07, 6.45) is 1.12. The molecule has 2 rings (SSSR count). The van der Waals surface area contributed by atoms with E-state index in [-0.39, 0.29) is 5.91 Å². The summed E-state index contributed by atoms with van der Waals surface area (Å²) in [6, 6.07) is 8.04. The summed E-state index contributed by atoms with van der Waals surface area (Å²) in [7, 11) is 0. The number of hydrogen-bond acceptors (Lipinski definition) is 3. The van der Waals surface area contributed by atoms with Gasteiger partial charge in [-0.1, -0.05) is 39.0 Å². The molecule has 0 aromatic heterocycles. The van der Waals surface area contributed by atoms with Crippen molar-refractivity contribution in [1.29, 1.82) is 0 Å². The van der Waals surface area contributed by atoms with Gasteiger partial charge in [-0.15, -0.1) is 0 Å². The highest BCUT2D eigenvalue weighted by molar-refractivity contribution is 5.93. The second-order valence-electron chi connectivity index (χ2n) is 6.79. The second kappa shape index (κ2) is 7.75. The number of nitrogens with two attached hydrogens (primary N) is 1. The van der Waals surface area contributed by atoms with Crippen molar-refractivity contribution in [2.24, 2.45) is 17.6 Å². The fraction of sp³-hybridized carbons (Fsp3) is 0.611. The van der Waals surface area contributed by atoms with Crippen LogP contribution in [0.1, 0.15) is 38.7 Å². The Bertz CT molecular complexity index is 501. The van der Waals surface area contributed by atoms with Crippen LogP contribution in [0.15, 0.2) is 24.3 Å². The standard InChI is InChI=1S/C18H29N3O/c1-13(2)16-6-4-5-7-17(16)20-18(22)12-21-9-8-14(3)15(10-19)11-21/h4-7,13-15H,8-12,19H2,1-3H3,(H,20,22). The van der Waals surface area contributed by atoms with Crippen molar-refractivity contribution in [3.63, 3.8) is 0 Å². The molecule has 1 amide bonds. The van der Waals surface area contributed by atoms with E-state index >= 15 is 0 Å². The van der Waals surface area contributed by atoms with Crippen molar-refractivity contribution >= 4 is 11.6 Å². The van der Waals surface area contributed by atoms with E-state index in [0.717, 1.165) is 25.2 Å². The van der Waals surface area contributed by atoms with Gasteiger partial charge in [-0.25, -0.2) is 0 Å². The van der Waals surface area contributed by atoms with Crippen molar-refractivity contribution in [3.8, 4) is 0 Å². The van der Waals surface area contributed by atoms with Gasteiger partial charge in [0.05, 0.1) is 6.54 Å². The van der Waals surface area contributed by atoms with E-state index in [1.807, 2.05) is 18.2 Å². The molecule has 1 saturated heterocycles.